The maximum absolute atomic E-state index is 12.6. The molecule has 0 radical (unpaired) electrons. The number of nitrogens with one attached hydrogen (secondary N) is 1. The maximum Gasteiger partial charge on any atom is 0.257 e. The number of carbonyl (C=O) groups is 1. The highest BCUT2D eigenvalue weighted by Gasteiger charge is 2.35. The Morgan fingerprint density at radius 1 is 1.14 bits per heavy atom. The van der Waals surface area contributed by atoms with Crippen LogP contribution in [0.4, 0.5) is 5.95 Å². The SMILES string of the molecule is O=C1c2cnc(N3CCNCC3)nc2CN1C1CCCCC1. The molecule has 2 fully saturated rings. The molecule has 3 heterocycles. The van der Waals surface area contributed by atoms with Crippen LogP contribution in [0.1, 0.15) is 48.2 Å². The van der Waals surface area contributed by atoms with Crippen LogP contribution in [-0.4, -0.2) is 53.0 Å². The Labute approximate surface area is 130 Å². The predicted octanol–water partition coefficient (Wildman–Crippen LogP) is 1.17. The summed E-state index contributed by atoms with van der Waals surface area (Å²) in [5.74, 6) is 0.910. The minimum Gasteiger partial charge on any atom is -0.338 e. The zero-order valence-corrected chi connectivity index (χ0v) is 12.9. The van der Waals surface area contributed by atoms with Crippen LogP contribution in [-0.2, 0) is 6.54 Å². The van der Waals surface area contributed by atoms with Crippen molar-refractivity contribution in [2.45, 2.75) is 44.7 Å². The van der Waals surface area contributed by atoms with Gasteiger partial charge in [-0.2, -0.15) is 0 Å². The molecule has 6 heteroatoms. The Balaban J connectivity index is 1.54. The molecule has 1 saturated carbocycles. The van der Waals surface area contributed by atoms with Gasteiger partial charge in [0.25, 0.3) is 5.91 Å². The number of fused-ring (bicyclic) bond motifs is 1. The molecule has 0 atom stereocenters. The normalized spacial score (nSPS) is 23.0. The van der Waals surface area contributed by atoms with Gasteiger partial charge in [-0.3, -0.25) is 4.79 Å². The van der Waals surface area contributed by atoms with E-state index >= 15 is 0 Å². The smallest absolute Gasteiger partial charge is 0.257 e. The molecule has 1 amide bonds. The van der Waals surface area contributed by atoms with E-state index in [0.29, 0.717) is 18.2 Å². The minimum absolute atomic E-state index is 0.133. The second-order valence-electron chi connectivity index (χ2n) is 6.49. The van der Waals surface area contributed by atoms with E-state index in [1.165, 1.54) is 19.3 Å². The molecule has 1 saturated heterocycles. The van der Waals surface area contributed by atoms with E-state index in [1.807, 2.05) is 4.90 Å². The van der Waals surface area contributed by atoms with E-state index in [9.17, 15) is 4.79 Å². The number of nitrogens with zero attached hydrogens (tertiary/aromatic N) is 4. The van der Waals surface area contributed by atoms with Gasteiger partial charge < -0.3 is 15.1 Å². The lowest BCUT2D eigenvalue weighted by molar-refractivity contribution is 0.0659. The van der Waals surface area contributed by atoms with E-state index in [0.717, 1.165) is 50.7 Å². The fourth-order valence-electron chi connectivity index (χ4n) is 3.80. The van der Waals surface area contributed by atoms with Crippen molar-refractivity contribution in [3.8, 4) is 0 Å². The average Bonchev–Trinajstić information content (AvgIpc) is 2.93. The quantitative estimate of drug-likeness (QED) is 0.888. The molecule has 3 aliphatic rings. The number of aromatic nitrogens is 2. The Bertz CT molecular complexity index is 564. The van der Waals surface area contributed by atoms with E-state index in [-0.39, 0.29) is 5.91 Å². The van der Waals surface area contributed by atoms with Crippen LogP contribution >= 0.6 is 0 Å². The summed E-state index contributed by atoms with van der Waals surface area (Å²) in [4.78, 5) is 26.0. The number of hydrogen-bond acceptors (Lipinski definition) is 5. The molecule has 0 unspecified atom stereocenters. The molecule has 22 heavy (non-hydrogen) atoms. The van der Waals surface area contributed by atoms with Gasteiger partial charge in [0.1, 0.15) is 0 Å². The van der Waals surface area contributed by atoms with Crippen LogP contribution < -0.4 is 10.2 Å². The number of piperazine rings is 1. The Morgan fingerprint density at radius 3 is 2.68 bits per heavy atom. The number of hydrogen-bond donors (Lipinski definition) is 1. The second-order valence-corrected chi connectivity index (χ2v) is 6.49. The van der Waals surface area contributed by atoms with Crippen LogP contribution in [0.3, 0.4) is 0 Å². The van der Waals surface area contributed by atoms with Gasteiger partial charge in [0.15, 0.2) is 0 Å². The van der Waals surface area contributed by atoms with Crippen molar-refractivity contribution in [3.63, 3.8) is 0 Å². The first kappa shape index (κ1) is 13.9. The van der Waals surface area contributed by atoms with Crippen molar-refractivity contribution in [2.24, 2.45) is 0 Å². The molecule has 1 aromatic heterocycles. The summed E-state index contributed by atoms with van der Waals surface area (Å²) in [6.07, 6.45) is 7.80. The zero-order valence-electron chi connectivity index (χ0n) is 12.9. The lowest BCUT2D eigenvalue weighted by Gasteiger charge is -2.30. The van der Waals surface area contributed by atoms with Gasteiger partial charge >= 0.3 is 0 Å². The molecule has 4 rings (SSSR count). The summed E-state index contributed by atoms with van der Waals surface area (Å²) >= 11 is 0. The van der Waals surface area contributed by atoms with Crippen LogP contribution in [0, 0.1) is 0 Å². The number of carbonyl (C=O) groups excluding carboxylic acids is 1. The Hall–Kier alpha value is -1.69. The summed E-state index contributed by atoms with van der Waals surface area (Å²) in [6.45, 7) is 4.46. The summed E-state index contributed by atoms with van der Waals surface area (Å²) < 4.78 is 0. The fraction of sp³-hybridized carbons (Fsp3) is 0.688. The molecule has 0 spiro atoms. The predicted molar refractivity (Wildman–Crippen MR) is 83.9 cm³/mol. The van der Waals surface area contributed by atoms with E-state index < -0.39 is 0 Å². The first-order chi connectivity index (χ1) is 10.8. The van der Waals surface area contributed by atoms with Gasteiger partial charge in [0.2, 0.25) is 5.95 Å². The standard InChI is InChI=1S/C16H23N5O/c22-15-13-10-18-16(20-8-6-17-7-9-20)19-14(13)11-21(15)12-4-2-1-3-5-12/h10,12,17H,1-9,11H2. The highest BCUT2D eigenvalue weighted by molar-refractivity contribution is 5.97. The van der Waals surface area contributed by atoms with Crippen LogP contribution in [0.5, 0.6) is 0 Å². The first-order valence-electron chi connectivity index (χ1n) is 8.45. The van der Waals surface area contributed by atoms with Gasteiger partial charge in [0.05, 0.1) is 17.8 Å². The molecular weight excluding hydrogens is 278 g/mol. The second kappa shape index (κ2) is 5.83. The van der Waals surface area contributed by atoms with Crippen molar-refractivity contribution in [1.29, 1.82) is 0 Å². The molecule has 2 aliphatic heterocycles. The van der Waals surface area contributed by atoms with Crippen LogP contribution in [0.2, 0.25) is 0 Å². The van der Waals surface area contributed by atoms with Gasteiger partial charge in [-0.25, -0.2) is 9.97 Å². The molecule has 1 aromatic rings. The highest BCUT2D eigenvalue weighted by atomic mass is 16.2. The first-order valence-corrected chi connectivity index (χ1v) is 8.45. The highest BCUT2D eigenvalue weighted by Crippen LogP contribution is 2.30. The summed E-state index contributed by atoms with van der Waals surface area (Å²) in [7, 11) is 0. The minimum atomic E-state index is 0.133. The van der Waals surface area contributed by atoms with E-state index in [1.54, 1.807) is 6.20 Å². The molecule has 118 valence electrons. The van der Waals surface area contributed by atoms with Crippen molar-refractivity contribution in [3.05, 3.63) is 17.5 Å². The van der Waals surface area contributed by atoms with Gasteiger partial charge in [0, 0.05) is 38.4 Å². The van der Waals surface area contributed by atoms with Gasteiger partial charge in [-0.15, -0.1) is 0 Å². The number of amides is 1. The van der Waals surface area contributed by atoms with Crippen LogP contribution in [0.15, 0.2) is 6.20 Å². The largest absolute Gasteiger partial charge is 0.338 e. The van der Waals surface area contributed by atoms with Crippen molar-refractivity contribution < 1.29 is 4.79 Å². The molecule has 0 aromatic carbocycles. The average molecular weight is 301 g/mol. The third-order valence-electron chi connectivity index (χ3n) is 5.08. The maximum atomic E-state index is 12.6. The molecule has 1 N–H and O–H groups in total. The van der Waals surface area contributed by atoms with Gasteiger partial charge in [-0.1, -0.05) is 19.3 Å². The lowest BCUT2D eigenvalue weighted by Crippen LogP contribution is -2.44. The van der Waals surface area contributed by atoms with Crippen molar-refractivity contribution in [1.82, 2.24) is 20.2 Å². The third kappa shape index (κ3) is 2.45. The van der Waals surface area contributed by atoms with Crippen molar-refractivity contribution >= 4 is 11.9 Å². The Morgan fingerprint density at radius 2 is 1.91 bits per heavy atom. The molecule has 6 nitrogen and oxygen atoms in total. The van der Waals surface area contributed by atoms with Gasteiger partial charge in [-0.05, 0) is 12.8 Å². The monoisotopic (exact) mass is 301 g/mol. The van der Waals surface area contributed by atoms with E-state index in [2.05, 4.69) is 15.2 Å². The third-order valence-corrected chi connectivity index (χ3v) is 5.08. The zero-order chi connectivity index (χ0) is 14.9. The number of anilines is 1. The van der Waals surface area contributed by atoms with E-state index in [4.69, 9.17) is 4.98 Å². The lowest BCUT2D eigenvalue weighted by atomic mass is 9.94. The molecule has 1 aliphatic carbocycles. The summed E-state index contributed by atoms with van der Waals surface area (Å²) in [5, 5.41) is 3.33. The summed E-state index contributed by atoms with van der Waals surface area (Å²) in [5.41, 5.74) is 1.63. The topological polar surface area (TPSA) is 61.4 Å². The van der Waals surface area contributed by atoms with Crippen LogP contribution in [0.25, 0.3) is 0 Å². The summed E-state index contributed by atoms with van der Waals surface area (Å²) in [6, 6.07) is 0.401. The fourth-order valence-corrected chi connectivity index (χ4v) is 3.80. The Kier molecular flexibility index (Phi) is 3.70. The van der Waals surface area contributed by atoms with Crippen molar-refractivity contribution in [2.75, 3.05) is 31.1 Å². The molecular formula is C16H23N5O. The molecule has 0 bridgehead atoms. The number of rotatable bonds is 2.